The molecule has 10 nitrogen and oxygen atoms in total. The van der Waals surface area contributed by atoms with Crippen LogP contribution in [0, 0.1) is 0 Å². The lowest BCUT2D eigenvalue weighted by atomic mass is 10.1. The van der Waals surface area contributed by atoms with Crippen LogP contribution in [0.5, 0.6) is 0 Å². The molecule has 202 valence electrons. The van der Waals surface area contributed by atoms with Crippen LogP contribution in [0.1, 0.15) is 5.56 Å². The lowest BCUT2D eigenvalue weighted by molar-refractivity contribution is 0.594. The molecule has 0 saturated carbocycles. The largest absolute Gasteiger partial charge is 0.367 e. The normalized spacial score (nSPS) is 15.6. The highest BCUT2D eigenvalue weighted by atomic mass is 35.5. The first-order valence-electron chi connectivity index (χ1n) is 12.5. The van der Waals surface area contributed by atoms with Crippen molar-refractivity contribution in [3.63, 3.8) is 0 Å². The molecular weight excluding hydrogens is 556 g/mol. The average Bonchev–Trinajstić information content (AvgIpc) is 3.37. The Morgan fingerprint density at radius 2 is 1.72 bits per heavy atom. The average molecular weight is 583 g/mol. The zero-order valence-corrected chi connectivity index (χ0v) is 23.6. The number of rotatable bonds is 6. The van der Waals surface area contributed by atoms with Crippen molar-refractivity contribution in [1.82, 2.24) is 15.0 Å². The smallest absolute Gasteiger partial charge is 0.299 e. The Hall–Kier alpha value is -3.32. The summed E-state index contributed by atoms with van der Waals surface area (Å²) in [4.78, 5) is 18.3. The third kappa shape index (κ3) is 5.17. The molecule has 2 aliphatic heterocycles. The molecule has 0 unspecified atom stereocenters. The zero-order chi connectivity index (χ0) is 27.1. The number of anilines is 5. The van der Waals surface area contributed by atoms with E-state index in [1.807, 2.05) is 42.8 Å². The van der Waals surface area contributed by atoms with Crippen LogP contribution >= 0.6 is 23.4 Å². The van der Waals surface area contributed by atoms with E-state index in [9.17, 15) is 8.42 Å². The van der Waals surface area contributed by atoms with Crippen LogP contribution in [0.15, 0.2) is 60.0 Å². The molecule has 6 rings (SSSR count). The van der Waals surface area contributed by atoms with Gasteiger partial charge in [-0.25, -0.2) is 15.1 Å². The minimum Gasteiger partial charge on any atom is -0.367 e. The molecule has 0 radical (unpaired) electrons. The number of nitrogens with two attached hydrogens (primary N) is 1. The molecule has 0 aliphatic carbocycles. The van der Waals surface area contributed by atoms with E-state index in [2.05, 4.69) is 31.2 Å². The third-order valence-electron chi connectivity index (χ3n) is 7.07. The van der Waals surface area contributed by atoms with E-state index in [0.717, 1.165) is 59.7 Å². The van der Waals surface area contributed by atoms with Crippen LogP contribution in [0.2, 0.25) is 5.02 Å². The Morgan fingerprint density at radius 1 is 0.949 bits per heavy atom. The molecule has 0 amide bonds. The number of benzene rings is 2. The van der Waals surface area contributed by atoms with Crippen molar-refractivity contribution in [2.75, 3.05) is 58.4 Å². The molecule has 39 heavy (non-hydrogen) atoms. The zero-order valence-electron chi connectivity index (χ0n) is 21.2. The van der Waals surface area contributed by atoms with Crippen LogP contribution < -0.4 is 24.6 Å². The van der Waals surface area contributed by atoms with E-state index < -0.39 is 10.2 Å². The van der Waals surface area contributed by atoms with E-state index in [-0.39, 0.29) is 0 Å². The predicted octanol–water partition coefficient (Wildman–Crippen LogP) is 4.04. The number of hydrogen-bond acceptors (Lipinski definition) is 9. The van der Waals surface area contributed by atoms with Gasteiger partial charge in [-0.1, -0.05) is 23.4 Å². The molecule has 2 aromatic heterocycles. The molecule has 1 saturated heterocycles. The molecule has 2 aliphatic rings. The maximum absolute atomic E-state index is 11.9. The number of aromatic nitrogens is 3. The SMILES string of the molecule is CSc1nc(Nc2ccc3c(c2)CCN3S(N)(=O)=O)cc(N2CCN(c3ccc(Cl)c4cnccc34)CC2)n1. The van der Waals surface area contributed by atoms with Gasteiger partial charge in [-0.3, -0.25) is 9.29 Å². The Kier molecular flexibility index (Phi) is 6.88. The Balaban J connectivity index is 1.20. The van der Waals surface area contributed by atoms with Crippen molar-refractivity contribution >= 4 is 73.0 Å². The van der Waals surface area contributed by atoms with Crippen LogP contribution in [0.4, 0.5) is 28.7 Å². The number of hydrogen-bond donors (Lipinski definition) is 2. The van der Waals surface area contributed by atoms with E-state index in [1.165, 1.54) is 16.1 Å². The van der Waals surface area contributed by atoms with E-state index >= 15 is 0 Å². The second-order valence-corrected chi connectivity index (χ2v) is 12.0. The molecule has 2 aromatic carbocycles. The van der Waals surface area contributed by atoms with E-state index in [0.29, 0.717) is 34.6 Å². The summed E-state index contributed by atoms with van der Waals surface area (Å²) in [6.45, 7) is 3.64. The number of fused-ring (bicyclic) bond motifs is 2. The summed E-state index contributed by atoms with van der Waals surface area (Å²) in [7, 11) is -3.78. The molecular formula is C26H27ClN8O2S2. The fourth-order valence-corrected chi connectivity index (χ4v) is 6.57. The molecule has 0 spiro atoms. The van der Waals surface area contributed by atoms with Crippen LogP contribution in [0.3, 0.4) is 0 Å². The number of thioether (sulfide) groups is 1. The Bertz CT molecular complexity index is 1660. The Labute approximate surface area is 236 Å². The van der Waals surface area contributed by atoms with Crippen LogP contribution in [-0.4, -0.2) is 62.3 Å². The number of nitrogens with one attached hydrogen (secondary N) is 1. The van der Waals surface area contributed by atoms with Gasteiger partial charge in [0.25, 0.3) is 10.2 Å². The maximum atomic E-state index is 11.9. The van der Waals surface area contributed by atoms with Gasteiger partial charge in [0, 0.05) is 73.3 Å². The van der Waals surface area contributed by atoms with Crippen LogP contribution in [0.25, 0.3) is 10.8 Å². The van der Waals surface area contributed by atoms with E-state index in [1.54, 1.807) is 12.3 Å². The first-order valence-corrected chi connectivity index (χ1v) is 15.6. The predicted molar refractivity (Wildman–Crippen MR) is 159 cm³/mol. The van der Waals surface area contributed by atoms with Gasteiger partial charge in [-0.15, -0.1) is 0 Å². The maximum Gasteiger partial charge on any atom is 0.299 e. The molecule has 3 N–H and O–H groups in total. The summed E-state index contributed by atoms with van der Waals surface area (Å²) < 4.78 is 25.0. The molecule has 1 fully saturated rings. The number of pyridine rings is 1. The van der Waals surface area contributed by atoms with Crippen molar-refractivity contribution in [2.45, 2.75) is 11.6 Å². The van der Waals surface area contributed by atoms with Crippen molar-refractivity contribution in [3.05, 3.63) is 65.4 Å². The van der Waals surface area contributed by atoms with Gasteiger partial charge < -0.3 is 15.1 Å². The van der Waals surface area contributed by atoms with Gasteiger partial charge in [-0.2, -0.15) is 8.42 Å². The minimum absolute atomic E-state index is 0.348. The second kappa shape index (κ2) is 10.3. The lowest BCUT2D eigenvalue weighted by Crippen LogP contribution is -2.47. The summed E-state index contributed by atoms with van der Waals surface area (Å²) in [6.07, 6.45) is 6.18. The van der Waals surface area contributed by atoms with Crippen LogP contribution in [-0.2, 0) is 16.6 Å². The third-order valence-corrected chi connectivity index (χ3v) is 8.94. The highest BCUT2D eigenvalue weighted by molar-refractivity contribution is 7.98. The topological polar surface area (TPSA) is 121 Å². The highest BCUT2D eigenvalue weighted by Crippen LogP contribution is 2.34. The fraction of sp³-hybridized carbons (Fsp3) is 0.269. The number of nitrogens with zero attached hydrogens (tertiary/aromatic N) is 6. The van der Waals surface area contributed by atoms with Crippen molar-refractivity contribution in [1.29, 1.82) is 0 Å². The van der Waals surface area contributed by atoms with Gasteiger partial charge in [0.15, 0.2) is 5.16 Å². The van der Waals surface area contributed by atoms with Gasteiger partial charge in [0.2, 0.25) is 0 Å². The van der Waals surface area contributed by atoms with Gasteiger partial charge >= 0.3 is 0 Å². The second-order valence-electron chi connectivity index (χ2n) is 9.40. The molecule has 4 heterocycles. The number of piperazine rings is 1. The first kappa shape index (κ1) is 25.9. The van der Waals surface area contributed by atoms with Crippen molar-refractivity contribution in [2.24, 2.45) is 5.14 Å². The van der Waals surface area contributed by atoms with Gasteiger partial charge in [0.1, 0.15) is 11.6 Å². The molecule has 4 aromatic rings. The highest BCUT2D eigenvalue weighted by Gasteiger charge is 2.27. The molecule has 0 bridgehead atoms. The fourth-order valence-electron chi connectivity index (χ4n) is 5.18. The summed E-state index contributed by atoms with van der Waals surface area (Å²) in [5.41, 5.74) is 3.54. The standard InChI is InChI=1S/C26H27ClN8O2S2/c1-38-26-31-24(30-18-2-4-22-17(14-18)7-9-35(22)39(28,36)37)15-25(32-26)34-12-10-33(11-13-34)23-5-3-21(27)20-16-29-8-6-19(20)23/h2-6,8,14-16H,7,9-13H2,1H3,(H2,28,36,37)(H,30,31,32). The quantitative estimate of drug-likeness (QED) is 0.256. The van der Waals surface area contributed by atoms with Crippen molar-refractivity contribution in [3.8, 4) is 0 Å². The van der Waals surface area contributed by atoms with Crippen molar-refractivity contribution < 1.29 is 8.42 Å². The number of halogens is 1. The lowest BCUT2D eigenvalue weighted by Gasteiger charge is -2.37. The summed E-state index contributed by atoms with van der Waals surface area (Å²) in [5.74, 6) is 1.55. The molecule has 13 heteroatoms. The van der Waals surface area contributed by atoms with E-state index in [4.69, 9.17) is 21.7 Å². The van der Waals surface area contributed by atoms with Gasteiger partial charge in [0.05, 0.1) is 10.7 Å². The monoisotopic (exact) mass is 582 g/mol. The molecule has 0 atom stereocenters. The first-order chi connectivity index (χ1) is 18.8. The summed E-state index contributed by atoms with van der Waals surface area (Å²) in [6, 6.07) is 13.6. The summed E-state index contributed by atoms with van der Waals surface area (Å²) >= 11 is 7.89. The van der Waals surface area contributed by atoms with Gasteiger partial charge in [-0.05, 0) is 54.6 Å². The minimum atomic E-state index is -3.78. The summed E-state index contributed by atoms with van der Waals surface area (Å²) in [5, 5.41) is 12.2. The Morgan fingerprint density at radius 3 is 2.49 bits per heavy atom.